The van der Waals surface area contributed by atoms with Crippen LogP contribution >= 0.6 is 11.3 Å². The smallest absolute Gasteiger partial charge is 0.267 e. The molecule has 1 aromatic heterocycles. The minimum Gasteiger partial charge on any atom is -0.267 e. The van der Waals surface area contributed by atoms with E-state index in [2.05, 4.69) is 10.5 Å². The molecule has 21 heavy (non-hydrogen) atoms. The Labute approximate surface area is 125 Å². The number of nitro benzene ring substituents is 1. The monoisotopic (exact) mass is 303 g/mol. The van der Waals surface area contributed by atoms with Gasteiger partial charge in [0, 0.05) is 17.7 Å². The molecule has 108 valence electrons. The summed E-state index contributed by atoms with van der Waals surface area (Å²) in [5, 5.41) is 16.7. The molecule has 0 atom stereocenters. The summed E-state index contributed by atoms with van der Waals surface area (Å²) in [6.07, 6.45) is 0.676. The maximum atomic E-state index is 12.0. The van der Waals surface area contributed by atoms with Crippen LogP contribution < -0.4 is 5.43 Å². The maximum Gasteiger partial charge on any atom is 0.271 e. The fourth-order valence-electron chi connectivity index (χ4n) is 1.69. The summed E-state index contributed by atoms with van der Waals surface area (Å²) < 4.78 is 0. The lowest BCUT2D eigenvalue weighted by Gasteiger charge is -2.03. The first kappa shape index (κ1) is 14.9. The number of nitrogens with one attached hydrogen (secondary N) is 1. The number of hydrazone groups is 1. The zero-order valence-corrected chi connectivity index (χ0v) is 12.1. The number of nitro groups is 1. The third-order valence-corrected chi connectivity index (χ3v) is 3.67. The minimum absolute atomic E-state index is 0.124. The fraction of sp³-hybridized carbons (Fsp3) is 0.143. The molecule has 0 radical (unpaired) electrons. The summed E-state index contributed by atoms with van der Waals surface area (Å²) in [4.78, 5) is 23.1. The van der Waals surface area contributed by atoms with Gasteiger partial charge in [0.25, 0.3) is 11.6 Å². The van der Waals surface area contributed by atoms with Gasteiger partial charge in [0.05, 0.1) is 15.5 Å². The van der Waals surface area contributed by atoms with E-state index in [1.807, 2.05) is 24.4 Å². The second kappa shape index (κ2) is 6.76. The summed E-state index contributed by atoms with van der Waals surface area (Å²) >= 11 is 1.54. The van der Waals surface area contributed by atoms with Gasteiger partial charge in [0.2, 0.25) is 0 Å². The van der Waals surface area contributed by atoms with Gasteiger partial charge in [-0.25, -0.2) is 5.43 Å². The first-order valence-electron chi connectivity index (χ1n) is 6.27. The van der Waals surface area contributed by atoms with Crippen LogP contribution in [0.1, 0.15) is 28.6 Å². The van der Waals surface area contributed by atoms with Crippen LogP contribution in [0.2, 0.25) is 0 Å². The number of nitrogens with zero attached hydrogens (tertiary/aromatic N) is 2. The molecule has 0 spiro atoms. The maximum absolute atomic E-state index is 12.0. The Kier molecular flexibility index (Phi) is 4.78. The highest BCUT2D eigenvalue weighted by Gasteiger charge is 2.11. The Balaban J connectivity index is 2.14. The highest BCUT2D eigenvalue weighted by molar-refractivity contribution is 7.12. The summed E-state index contributed by atoms with van der Waals surface area (Å²) in [7, 11) is 0. The highest BCUT2D eigenvalue weighted by atomic mass is 32.1. The molecule has 7 heteroatoms. The summed E-state index contributed by atoms with van der Waals surface area (Å²) in [6, 6.07) is 9.37. The van der Waals surface area contributed by atoms with Gasteiger partial charge in [-0.05, 0) is 23.9 Å². The third kappa shape index (κ3) is 3.73. The predicted octanol–water partition coefficient (Wildman–Crippen LogP) is 3.20. The molecule has 1 amide bonds. The second-order valence-corrected chi connectivity index (χ2v) is 5.09. The van der Waals surface area contributed by atoms with E-state index in [0.29, 0.717) is 6.42 Å². The molecule has 2 rings (SSSR count). The molecule has 6 nitrogen and oxygen atoms in total. The van der Waals surface area contributed by atoms with Gasteiger partial charge in [-0.3, -0.25) is 14.9 Å². The number of non-ortho nitro benzene ring substituents is 1. The standard InChI is InChI=1S/C14H13N3O3S/c1-2-12(13-7-4-8-21-13)15-16-14(18)10-5-3-6-11(9-10)17(19)20/h3-9H,2H2,1H3,(H,16,18)/b15-12-. The number of benzene rings is 1. The van der Waals surface area contributed by atoms with Crippen LogP contribution in [0.3, 0.4) is 0 Å². The van der Waals surface area contributed by atoms with Crippen molar-refractivity contribution in [3.05, 3.63) is 62.3 Å². The van der Waals surface area contributed by atoms with Gasteiger partial charge in [-0.1, -0.05) is 19.1 Å². The predicted molar refractivity (Wildman–Crippen MR) is 81.7 cm³/mol. The molecule has 1 N–H and O–H groups in total. The molecule has 0 saturated heterocycles. The van der Waals surface area contributed by atoms with Gasteiger partial charge in [-0.2, -0.15) is 5.10 Å². The van der Waals surface area contributed by atoms with Gasteiger partial charge in [0.1, 0.15) is 0 Å². The number of rotatable bonds is 5. The van der Waals surface area contributed by atoms with Gasteiger partial charge < -0.3 is 0 Å². The molecule has 0 saturated carbocycles. The van der Waals surface area contributed by atoms with Crippen molar-refractivity contribution in [3.63, 3.8) is 0 Å². The van der Waals surface area contributed by atoms with Crippen molar-refractivity contribution in [2.24, 2.45) is 5.10 Å². The van der Waals surface area contributed by atoms with Crippen molar-refractivity contribution in [1.29, 1.82) is 0 Å². The topological polar surface area (TPSA) is 84.6 Å². The van der Waals surface area contributed by atoms with Crippen LogP contribution in [0.15, 0.2) is 46.9 Å². The largest absolute Gasteiger partial charge is 0.271 e. The molecule has 0 unspecified atom stereocenters. The van der Waals surface area contributed by atoms with Crippen molar-refractivity contribution >= 4 is 28.6 Å². The Morgan fingerprint density at radius 2 is 2.19 bits per heavy atom. The number of thiophene rings is 1. The Morgan fingerprint density at radius 3 is 2.81 bits per heavy atom. The number of carbonyl (C=O) groups excluding carboxylic acids is 1. The van der Waals surface area contributed by atoms with Crippen molar-refractivity contribution in [2.75, 3.05) is 0 Å². The van der Waals surface area contributed by atoms with Crippen LogP contribution in [0, 0.1) is 10.1 Å². The lowest BCUT2D eigenvalue weighted by atomic mass is 10.2. The zero-order chi connectivity index (χ0) is 15.2. The van der Waals surface area contributed by atoms with E-state index in [1.165, 1.54) is 35.6 Å². The quantitative estimate of drug-likeness (QED) is 0.523. The highest BCUT2D eigenvalue weighted by Crippen LogP contribution is 2.14. The van der Waals surface area contributed by atoms with Crippen molar-refractivity contribution in [3.8, 4) is 0 Å². The van der Waals surface area contributed by atoms with E-state index in [-0.39, 0.29) is 11.3 Å². The molecular weight excluding hydrogens is 290 g/mol. The molecule has 0 bridgehead atoms. The van der Waals surface area contributed by atoms with Crippen LogP contribution in [0.25, 0.3) is 0 Å². The first-order valence-corrected chi connectivity index (χ1v) is 7.15. The normalized spacial score (nSPS) is 11.2. The van der Waals surface area contributed by atoms with Crippen LogP contribution in [-0.2, 0) is 0 Å². The second-order valence-electron chi connectivity index (χ2n) is 4.14. The summed E-state index contributed by atoms with van der Waals surface area (Å²) in [6.45, 7) is 1.94. The Morgan fingerprint density at radius 1 is 1.38 bits per heavy atom. The average molecular weight is 303 g/mol. The number of amides is 1. The number of carbonyl (C=O) groups is 1. The average Bonchev–Trinajstić information content (AvgIpc) is 3.02. The molecule has 2 aromatic rings. The molecule has 1 aromatic carbocycles. The van der Waals surface area contributed by atoms with E-state index in [9.17, 15) is 14.9 Å². The van der Waals surface area contributed by atoms with E-state index >= 15 is 0 Å². The van der Waals surface area contributed by atoms with Crippen molar-refractivity contribution in [2.45, 2.75) is 13.3 Å². The lowest BCUT2D eigenvalue weighted by Crippen LogP contribution is -2.19. The summed E-state index contributed by atoms with van der Waals surface area (Å²) in [5.41, 5.74) is 3.28. The number of hydrogen-bond acceptors (Lipinski definition) is 5. The van der Waals surface area contributed by atoms with E-state index in [0.717, 1.165) is 10.6 Å². The SMILES string of the molecule is CC/C(=N/NC(=O)c1cccc([N+](=O)[O-])c1)c1cccs1. The van der Waals surface area contributed by atoms with Crippen molar-refractivity contribution in [1.82, 2.24) is 5.43 Å². The molecule has 0 fully saturated rings. The Bertz CT molecular complexity index is 681. The zero-order valence-electron chi connectivity index (χ0n) is 11.3. The van der Waals surface area contributed by atoms with E-state index in [4.69, 9.17) is 0 Å². The van der Waals surface area contributed by atoms with Gasteiger partial charge in [-0.15, -0.1) is 11.3 Å². The first-order chi connectivity index (χ1) is 10.1. The molecular formula is C14H13N3O3S. The van der Waals surface area contributed by atoms with Crippen LogP contribution in [0.4, 0.5) is 5.69 Å². The molecule has 0 aliphatic carbocycles. The fourth-order valence-corrected chi connectivity index (χ4v) is 2.48. The molecule has 0 aliphatic heterocycles. The van der Waals surface area contributed by atoms with E-state index < -0.39 is 10.8 Å². The van der Waals surface area contributed by atoms with Gasteiger partial charge in [0.15, 0.2) is 0 Å². The minimum atomic E-state index is -0.539. The number of hydrogen-bond donors (Lipinski definition) is 1. The van der Waals surface area contributed by atoms with Crippen LogP contribution in [-0.4, -0.2) is 16.5 Å². The van der Waals surface area contributed by atoms with Crippen LogP contribution in [0.5, 0.6) is 0 Å². The lowest BCUT2D eigenvalue weighted by molar-refractivity contribution is -0.384. The molecule has 0 aliphatic rings. The van der Waals surface area contributed by atoms with Gasteiger partial charge >= 0.3 is 0 Å². The molecule has 1 heterocycles. The van der Waals surface area contributed by atoms with E-state index in [1.54, 1.807) is 0 Å². The summed E-state index contributed by atoms with van der Waals surface area (Å²) in [5.74, 6) is -0.471. The Hall–Kier alpha value is -2.54. The third-order valence-electron chi connectivity index (χ3n) is 2.75. The van der Waals surface area contributed by atoms with Crippen molar-refractivity contribution < 1.29 is 9.72 Å².